The van der Waals surface area contributed by atoms with E-state index in [1.54, 1.807) is 0 Å². The molecular formula is C14H27N3. The third-order valence-electron chi connectivity index (χ3n) is 2.96. The largest absolute Gasteiger partial charge is 0.356 e. The van der Waals surface area contributed by atoms with Crippen molar-refractivity contribution >= 4 is 5.95 Å². The van der Waals surface area contributed by atoms with Crippen LogP contribution in [0.2, 0.25) is 0 Å². The highest BCUT2D eigenvalue weighted by molar-refractivity contribution is 5.25. The van der Waals surface area contributed by atoms with Crippen molar-refractivity contribution in [1.82, 2.24) is 9.55 Å². The fourth-order valence-electron chi connectivity index (χ4n) is 1.87. The standard InChI is InChI=1S/C14H27N3/c1-4-5-9-15-14-16-10-12-17(14)11-7-6-8-13(2)3/h10,12-13H,4-9,11H2,1-3H3,(H,15,16). The maximum atomic E-state index is 4.35. The average molecular weight is 237 g/mol. The van der Waals surface area contributed by atoms with Crippen LogP contribution in [0, 0.1) is 5.92 Å². The topological polar surface area (TPSA) is 29.9 Å². The maximum Gasteiger partial charge on any atom is 0.202 e. The van der Waals surface area contributed by atoms with Gasteiger partial charge in [0.2, 0.25) is 5.95 Å². The van der Waals surface area contributed by atoms with E-state index in [9.17, 15) is 0 Å². The Balaban J connectivity index is 2.25. The minimum absolute atomic E-state index is 0.819. The molecule has 0 aliphatic rings. The number of rotatable bonds is 9. The van der Waals surface area contributed by atoms with E-state index in [2.05, 4.69) is 41.8 Å². The predicted molar refractivity (Wildman–Crippen MR) is 74.3 cm³/mol. The first kappa shape index (κ1) is 14.1. The highest BCUT2D eigenvalue weighted by Gasteiger charge is 2.01. The molecule has 0 saturated heterocycles. The maximum absolute atomic E-state index is 4.35. The first-order valence-electron chi connectivity index (χ1n) is 6.99. The lowest BCUT2D eigenvalue weighted by atomic mass is 10.1. The van der Waals surface area contributed by atoms with Crippen molar-refractivity contribution in [3.63, 3.8) is 0 Å². The van der Waals surface area contributed by atoms with Gasteiger partial charge < -0.3 is 9.88 Å². The van der Waals surface area contributed by atoms with E-state index in [1.165, 1.54) is 32.1 Å². The summed E-state index contributed by atoms with van der Waals surface area (Å²) < 4.78 is 2.23. The molecule has 0 saturated carbocycles. The van der Waals surface area contributed by atoms with Gasteiger partial charge in [0.25, 0.3) is 0 Å². The molecule has 0 radical (unpaired) electrons. The molecule has 1 N–H and O–H groups in total. The molecule has 3 nitrogen and oxygen atoms in total. The highest BCUT2D eigenvalue weighted by Crippen LogP contribution is 2.10. The molecule has 1 rings (SSSR count). The number of nitrogens with zero attached hydrogens (tertiary/aromatic N) is 2. The number of aryl methyl sites for hydroxylation is 1. The third kappa shape index (κ3) is 5.76. The molecule has 0 aliphatic carbocycles. The Morgan fingerprint density at radius 2 is 2.12 bits per heavy atom. The van der Waals surface area contributed by atoms with E-state index < -0.39 is 0 Å². The highest BCUT2D eigenvalue weighted by atomic mass is 15.2. The molecule has 0 atom stereocenters. The molecular weight excluding hydrogens is 210 g/mol. The Labute approximate surface area is 106 Å². The van der Waals surface area contributed by atoms with E-state index in [-0.39, 0.29) is 0 Å². The zero-order chi connectivity index (χ0) is 12.5. The van der Waals surface area contributed by atoms with Gasteiger partial charge in [-0.1, -0.05) is 40.0 Å². The number of nitrogens with one attached hydrogen (secondary N) is 1. The molecule has 0 aliphatic heterocycles. The number of anilines is 1. The van der Waals surface area contributed by atoms with Crippen LogP contribution >= 0.6 is 0 Å². The summed E-state index contributed by atoms with van der Waals surface area (Å²) in [6.07, 6.45) is 10.3. The summed E-state index contributed by atoms with van der Waals surface area (Å²) in [5.74, 6) is 1.85. The van der Waals surface area contributed by atoms with Crippen molar-refractivity contribution < 1.29 is 0 Å². The summed E-state index contributed by atoms with van der Waals surface area (Å²) in [6.45, 7) is 8.89. The Morgan fingerprint density at radius 3 is 2.82 bits per heavy atom. The molecule has 0 fully saturated rings. The first-order valence-corrected chi connectivity index (χ1v) is 6.99. The van der Waals surface area contributed by atoms with E-state index >= 15 is 0 Å². The Kier molecular flexibility index (Phi) is 6.75. The fraction of sp³-hybridized carbons (Fsp3) is 0.786. The lowest BCUT2D eigenvalue weighted by Gasteiger charge is -2.10. The Bertz CT molecular complexity index is 291. The number of hydrogen-bond acceptors (Lipinski definition) is 2. The minimum Gasteiger partial charge on any atom is -0.356 e. The van der Waals surface area contributed by atoms with Gasteiger partial charge in [0.15, 0.2) is 0 Å². The quantitative estimate of drug-likeness (QED) is 0.660. The van der Waals surface area contributed by atoms with Crippen LogP contribution in [0.25, 0.3) is 0 Å². The van der Waals surface area contributed by atoms with Gasteiger partial charge in [-0.05, 0) is 18.8 Å². The SMILES string of the molecule is CCCCNc1nccn1CCCCC(C)C. The smallest absolute Gasteiger partial charge is 0.202 e. The zero-order valence-electron chi connectivity index (χ0n) is 11.6. The second-order valence-corrected chi connectivity index (χ2v) is 5.11. The Morgan fingerprint density at radius 1 is 1.29 bits per heavy atom. The summed E-state index contributed by atoms with van der Waals surface area (Å²) in [5, 5.41) is 3.40. The minimum atomic E-state index is 0.819. The lowest BCUT2D eigenvalue weighted by molar-refractivity contribution is 0.510. The van der Waals surface area contributed by atoms with Crippen LogP contribution < -0.4 is 5.32 Å². The fourth-order valence-corrected chi connectivity index (χ4v) is 1.87. The van der Waals surface area contributed by atoms with Crippen LogP contribution in [0.3, 0.4) is 0 Å². The van der Waals surface area contributed by atoms with E-state index in [1.807, 2.05) is 6.20 Å². The molecule has 1 heterocycles. The van der Waals surface area contributed by atoms with Crippen LogP contribution in [0.5, 0.6) is 0 Å². The molecule has 1 aromatic rings. The predicted octanol–water partition coefficient (Wildman–Crippen LogP) is 3.92. The van der Waals surface area contributed by atoms with Gasteiger partial charge in [-0.3, -0.25) is 0 Å². The molecule has 3 heteroatoms. The van der Waals surface area contributed by atoms with E-state index in [0.717, 1.165) is 25.0 Å². The summed E-state index contributed by atoms with van der Waals surface area (Å²) >= 11 is 0. The van der Waals surface area contributed by atoms with Crippen molar-refractivity contribution in [2.45, 2.75) is 59.4 Å². The normalized spacial score (nSPS) is 11.1. The van der Waals surface area contributed by atoms with Crippen LogP contribution in [0.15, 0.2) is 12.4 Å². The van der Waals surface area contributed by atoms with Gasteiger partial charge in [0.1, 0.15) is 0 Å². The summed E-state index contributed by atoms with van der Waals surface area (Å²) in [7, 11) is 0. The molecule has 0 unspecified atom stereocenters. The summed E-state index contributed by atoms with van der Waals surface area (Å²) in [5.41, 5.74) is 0. The van der Waals surface area contributed by atoms with E-state index in [0.29, 0.717) is 0 Å². The van der Waals surface area contributed by atoms with Gasteiger partial charge in [0.05, 0.1) is 0 Å². The van der Waals surface area contributed by atoms with Gasteiger partial charge in [0, 0.05) is 25.5 Å². The van der Waals surface area contributed by atoms with Crippen molar-refractivity contribution in [2.24, 2.45) is 5.92 Å². The molecule has 98 valence electrons. The first-order chi connectivity index (χ1) is 8.24. The van der Waals surface area contributed by atoms with Crippen LogP contribution in [0.4, 0.5) is 5.95 Å². The van der Waals surface area contributed by atoms with Crippen LogP contribution in [0.1, 0.15) is 52.9 Å². The van der Waals surface area contributed by atoms with Crippen molar-refractivity contribution in [2.75, 3.05) is 11.9 Å². The van der Waals surface area contributed by atoms with Crippen molar-refractivity contribution in [3.8, 4) is 0 Å². The molecule has 0 spiro atoms. The van der Waals surface area contributed by atoms with E-state index in [4.69, 9.17) is 0 Å². The Hall–Kier alpha value is -0.990. The third-order valence-corrected chi connectivity index (χ3v) is 2.96. The molecule has 0 aromatic carbocycles. The number of unbranched alkanes of at least 4 members (excludes halogenated alkanes) is 2. The summed E-state index contributed by atoms with van der Waals surface area (Å²) in [6, 6.07) is 0. The summed E-state index contributed by atoms with van der Waals surface area (Å²) in [4.78, 5) is 4.35. The van der Waals surface area contributed by atoms with Gasteiger partial charge in [-0.15, -0.1) is 0 Å². The lowest BCUT2D eigenvalue weighted by Crippen LogP contribution is -2.08. The van der Waals surface area contributed by atoms with Crippen LogP contribution in [-0.4, -0.2) is 16.1 Å². The molecule has 0 amide bonds. The number of imidazole rings is 1. The second-order valence-electron chi connectivity index (χ2n) is 5.11. The number of aromatic nitrogens is 2. The van der Waals surface area contributed by atoms with Gasteiger partial charge >= 0.3 is 0 Å². The zero-order valence-corrected chi connectivity index (χ0v) is 11.6. The van der Waals surface area contributed by atoms with Crippen molar-refractivity contribution in [1.29, 1.82) is 0 Å². The van der Waals surface area contributed by atoms with Gasteiger partial charge in [-0.2, -0.15) is 0 Å². The average Bonchev–Trinajstić information content (AvgIpc) is 2.72. The number of hydrogen-bond donors (Lipinski definition) is 1. The molecule has 1 aromatic heterocycles. The second kappa shape index (κ2) is 8.15. The van der Waals surface area contributed by atoms with Gasteiger partial charge in [-0.25, -0.2) is 4.98 Å². The molecule has 17 heavy (non-hydrogen) atoms. The monoisotopic (exact) mass is 237 g/mol. The van der Waals surface area contributed by atoms with Crippen molar-refractivity contribution in [3.05, 3.63) is 12.4 Å². The van der Waals surface area contributed by atoms with Crippen LogP contribution in [-0.2, 0) is 6.54 Å². The molecule has 0 bridgehead atoms.